The molecule has 1 aliphatic carbocycles. The van der Waals surface area contributed by atoms with Crippen LogP contribution in [0.4, 0.5) is 38.5 Å². The summed E-state index contributed by atoms with van der Waals surface area (Å²) in [5, 5.41) is 7.72. The summed E-state index contributed by atoms with van der Waals surface area (Å²) in [5.74, 6) is -0.250. The predicted octanol–water partition coefficient (Wildman–Crippen LogP) is 14.5. The first-order chi connectivity index (χ1) is 27.7. The minimum atomic E-state index is -1.51. The largest absolute Gasteiger partial charge is 0.310 e. The number of fused-ring (bicyclic) bond motifs is 6. The van der Waals surface area contributed by atoms with E-state index in [1.807, 2.05) is 6.07 Å². The van der Waals surface area contributed by atoms with Crippen LogP contribution >= 0.6 is 0 Å². The molecule has 0 saturated carbocycles. The van der Waals surface area contributed by atoms with Gasteiger partial charge in [0.2, 0.25) is 0 Å². The lowest BCUT2D eigenvalue weighted by Crippen LogP contribution is -2.37. The summed E-state index contributed by atoms with van der Waals surface area (Å²) in [6, 6.07) is 58.8. The monoisotopic (exact) mass is 790 g/mol. The molecule has 9 rings (SSSR count). The van der Waals surface area contributed by atoms with Crippen molar-refractivity contribution in [3.8, 4) is 11.1 Å². The van der Waals surface area contributed by atoms with Crippen molar-refractivity contribution in [3.05, 3.63) is 181 Å². The molecule has 1 aliphatic rings. The molecule has 0 bridgehead atoms. The molecule has 0 fully saturated rings. The van der Waals surface area contributed by atoms with Crippen LogP contribution < -0.4 is 20.2 Å². The van der Waals surface area contributed by atoms with Gasteiger partial charge < -0.3 is 9.80 Å². The van der Waals surface area contributed by atoms with Crippen molar-refractivity contribution in [2.45, 2.75) is 58.5 Å². The van der Waals surface area contributed by atoms with Crippen LogP contribution in [0.5, 0.6) is 0 Å². The number of hydrogen-bond acceptors (Lipinski definition) is 2. The topological polar surface area (TPSA) is 6.48 Å². The Labute approximate surface area is 345 Å². The smallest absolute Gasteiger partial charge is 0.125 e. The van der Waals surface area contributed by atoms with Gasteiger partial charge in [0, 0.05) is 38.9 Å². The van der Waals surface area contributed by atoms with Crippen molar-refractivity contribution in [2.24, 2.45) is 0 Å². The summed E-state index contributed by atoms with van der Waals surface area (Å²) in [6.45, 7) is 19.1. The number of rotatable bonds is 8. The summed E-state index contributed by atoms with van der Waals surface area (Å²) in [4.78, 5) is 4.69. The Morgan fingerprint density at radius 1 is 0.431 bits per heavy atom. The van der Waals surface area contributed by atoms with Gasteiger partial charge in [-0.25, -0.2) is 4.39 Å². The Bertz CT molecular complexity index is 2840. The minimum absolute atomic E-state index is 0.250. The van der Waals surface area contributed by atoms with Gasteiger partial charge in [0.05, 0.1) is 27.5 Å². The maximum atomic E-state index is 14.9. The van der Waals surface area contributed by atoms with Crippen molar-refractivity contribution in [3.63, 3.8) is 0 Å². The van der Waals surface area contributed by atoms with E-state index in [0.29, 0.717) is 0 Å². The molecule has 0 N–H and O–H groups in total. The molecule has 8 aromatic carbocycles. The van der Waals surface area contributed by atoms with Crippen molar-refractivity contribution in [2.75, 3.05) is 9.80 Å². The number of benzene rings is 8. The molecule has 0 heterocycles. The van der Waals surface area contributed by atoms with E-state index in [1.165, 1.54) is 60.2 Å². The second-order valence-corrected chi connectivity index (χ2v) is 28.6. The number of halogens is 1. The van der Waals surface area contributed by atoms with Gasteiger partial charge in [-0.1, -0.05) is 161 Å². The van der Waals surface area contributed by atoms with E-state index < -0.39 is 16.1 Å². The van der Waals surface area contributed by atoms with Gasteiger partial charge >= 0.3 is 0 Å². The fourth-order valence-corrected chi connectivity index (χ4v) is 11.3. The number of hydrogen-bond donors (Lipinski definition) is 0. The van der Waals surface area contributed by atoms with Gasteiger partial charge in [0.15, 0.2) is 0 Å². The van der Waals surface area contributed by atoms with Crippen LogP contribution in [-0.4, -0.2) is 16.1 Å². The van der Waals surface area contributed by atoms with Crippen LogP contribution in [0, 0.1) is 5.82 Å². The zero-order valence-corrected chi connectivity index (χ0v) is 36.9. The maximum absolute atomic E-state index is 14.9. The fourth-order valence-electron chi connectivity index (χ4n) is 8.97. The Kier molecular flexibility index (Phi) is 9.10. The van der Waals surface area contributed by atoms with E-state index in [-0.39, 0.29) is 11.2 Å². The van der Waals surface area contributed by atoms with Crippen LogP contribution in [0.15, 0.2) is 164 Å². The molecule has 0 aromatic heterocycles. The lowest BCUT2D eigenvalue weighted by Gasteiger charge is -2.31. The lowest BCUT2D eigenvalue weighted by molar-refractivity contribution is 0.628. The molecule has 0 amide bonds. The van der Waals surface area contributed by atoms with Crippen LogP contribution in [0.2, 0.25) is 39.3 Å². The van der Waals surface area contributed by atoms with Crippen molar-refractivity contribution in [1.29, 1.82) is 0 Å². The van der Waals surface area contributed by atoms with E-state index in [4.69, 9.17) is 0 Å². The van der Waals surface area contributed by atoms with Gasteiger partial charge in [0.25, 0.3) is 0 Å². The summed E-state index contributed by atoms with van der Waals surface area (Å²) in [6.07, 6.45) is 0. The van der Waals surface area contributed by atoms with E-state index in [1.54, 1.807) is 12.1 Å². The Balaban J connectivity index is 1.25. The van der Waals surface area contributed by atoms with Gasteiger partial charge in [-0.15, -0.1) is 0 Å². The quantitative estimate of drug-likeness (QED) is 0.141. The summed E-state index contributed by atoms with van der Waals surface area (Å²) >= 11 is 0. The summed E-state index contributed by atoms with van der Waals surface area (Å²) < 4.78 is 14.9. The van der Waals surface area contributed by atoms with Crippen LogP contribution in [0.1, 0.15) is 25.0 Å². The Morgan fingerprint density at radius 3 is 1.60 bits per heavy atom. The molecule has 0 atom stereocenters. The average molecular weight is 791 g/mol. The number of nitrogens with zero attached hydrogens (tertiary/aromatic N) is 2. The third-order valence-electron chi connectivity index (χ3n) is 12.2. The maximum Gasteiger partial charge on any atom is 0.125 e. The molecule has 0 aliphatic heterocycles. The third kappa shape index (κ3) is 6.47. The predicted molar refractivity (Wildman–Crippen MR) is 254 cm³/mol. The van der Waals surface area contributed by atoms with E-state index >= 15 is 0 Å². The molecule has 58 heavy (non-hydrogen) atoms. The SMILES string of the molecule is CC1(C)c2cc(N(c3ccc([Si](C)(C)C)cc3)c3cccc(F)c3)ccc2-c2c1cc(N(c1ccc([Si](C)(C)C)cc1)c1cccc3ccccc13)c1ccccc21. The standard InChI is InChI=1S/C53H51FN2Si2/c1-53(2)48-34-41(55(40-18-14-17-37(54)33-40)38-23-28-42(29-24-38)57(3,4)5)27-32-47(48)52-46-21-12-11-20-45(46)51(35-49(52)53)56(39-25-30-43(31-26-39)58(6,7)8)50-22-13-16-36-15-9-10-19-44(36)50/h9-35H,1-8H3. The first-order valence-electron chi connectivity index (χ1n) is 20.5. The highest BCUT2D eigenvalue weighted by atomic mass is 28.3. The normalized spacial score (nSPS) is 13.4. The molecule has 5 heteroatoms. The first kappa shape index (κ1) is 37.8. The van der Waals surface area contributed by atoms with Gasteiger partial charge in [-0.2, -0.15) is 0 Å². The summed E-state index contributed by atoms with van der Waals surface area (Å²) in [7, 11) is -3.03. The van der Waals surface area contributed by atoms with Gasteiger partial charge in [-0.3, -0.25) is 0 Å². The molecule has 0 saturated heterocycles. The lowest BCUT2D eigenvalue weighted by atomic mass is 9.81. The minimum Gasteiger partial charge on any atom is -0.310 e. The van der Waals surface area contributed by atoms with Gasteiger partial charge in [-0.05, 0) is 99.8 Å². The zero-order chi connectivity index (χ0) is 40.6. The molecule has 8 aromatic rings. The first-order valence-corrected chi connectivity index (χ1v) is 27.5. The second-order valence-electron chi connectivity index (χ2n) is 18.5. The van der Waals surface area contributed by atoms with Crippen LogP contribution in [-0.2, 0) is 5.41 Å². The third-order valence-corrected chi connectivity index (χ3v) is 16.3. The fraction of sp³-hybridized carbons (Fsp3) is 0.170. The summed E-state index contributed by atoms with van der Waals surface area (Å²) in [5.41, 5.74) is 11.0. The molecule has 288 valence electrons. The average Bonchev–Trinajstić information content (AvgIpc) is 3.43. The highest BCUT2D eigenvalue weighted by Gasteiger charge is 2.39. The van der Waals surface area contributed by atoms with E-state index in [2.05, 4.69) is 202 Å². The Morgan fingerprint density at radius 2 is 0.966 bits per heavy atom. The van der Waals surface area contributed by atoms with E-state index in [0.717, 1.165) is 34.1 Å². The highest BCUT2D eigenvalue weighted by Crippen LogP contribution is 2.56. The highest BCUT2D eigenvalue weighted by molar-refractivity contribution is 6.89. The molecule has 0 radical (unpaired) electrons. The molecule has 2 nitrogen and oxygen atoms in total. The van der Waals surface area contributed by atoms with Crippen molar-refractivity contribution in [1.82, 2.24) is 0 Å². The van der Waals surface area contributed by atoms with Crippen LogP contribution in [0.25, 0.3) is 32.7 Å². The number of anilines is 6. The molecular formula is C53H51FN2Si2. The van der Waals surface area contributed by atoms with Crippen LogP contribution in [0.3, 0.4) is 0 Å². The molecule has 0 unspecified atom stereocenters. The Hall–Kier alpha value is -5.76. The van der Waals surface area contributed by atoms with Crippen molar-refractivity contribution >= 4 is 82.2 Å². The zero-order valence-electron chi connectivity index (χ0n) is 34.9. The van der Waals surface area contributed by atoms with E-state index in [9.17, 15) is 4.39 Å². The van der Waals surface area contributed by atoms with Gasteiger partial charge in [0.1, 0.15) is 5.82 Å². The second kappa shape index (κ2) is 14.0. The van der Waals surface area contributed by atoms with Crippen molar-refractivity contribution < 1.29 is 4.39 Å². The molecular weight excluding hydrogens is 740 g/mol. The molecule has 0 spiro atoms.